The van der Waals surface area contributed by atoms with Crippen molar-refractivity contribution < 1.29 is 18.7 Å². The van der Waals surface area contributed by atoms with Gasteiger partial charge in [-0.05, 0) is 62.1 Å². The molecule has 1 aromatic carbocycles. The van der Waals surface area contributed by atoms with Crippen molar-refractivity contribution in [1.82, 2.24) is 16.0 Å². The lowest BCUT2D eigenvalue weighted by molar-refractivity contribution is -0.129. The van der Waals surface area contributed by atoms with Crippen molar-refractivity contribution in [1.29, 1.82) is 0 Å². The van der Waals surface area contributed by atoms with Crippen molar-refractivity contribution in [2.75, 3.05) is 19.7 Å². The molecule has 1 saturated heterocycles. The Morgan fingerprint density at radius 1 is 1.13 bits per heavy atom. The Bertz CT molecular complexity index is 802. The van der Waals surface area contributed by atoms with Gasteiger partial charge in [-0.2, -0.15) is 0 Å². The van der Waals surface area contributed by atoms with Crippen LogP contribution in [0.2, 0.25) is 5.02 Å². The average molecular weight is 438 g/mol. The minimum atomic E-state index is -0.580. The molecule has 2 amide bonds. The fourth-order valence-corrected chi connectivity index (χ4v) is 5.12. The van der Waals surface area contributed by atoms with Crippen LogP contribution in [0, 0.1) is 29.5 Å². The molecular formula is C22H29ClFN3O3. The molecule has 0 spiro atoms. The molecule has 8 heteroatoms. The van der Waals surface area contributed by atoms with Gasteiger partial charge in [0.05, 0.1) is 10.9 Å². The molecule has 5 rings (SSSR count). The van der Waals surface area contributed by atoms with E-state index in [1.807, 2.05) is 0 Å². The largest absolute Gasteiger partial charge is 0.484 e. The number of fused-ring (bicyclic) bond motifs is 2. The van der Waals surface area contributed by atoms with E-state index < -0.39 is 5.82 Å². The van der Waals surface area contributed by atoms with Gasteiger partial charge in [0.25, 0.3) is 5.91 Å². The monoisotopic (exact) mass is 437 g/mol. The lowest BCUT2D eigenvalue weighted by Crippen LogP contribution is -2.61. The smallest absolute Gasteiger partial charge is 0.258 e. The topological polar surface area (TPSA) is 79.5 Å². The molecule has 0 radical (unpaired) electrons. The Labute approximate surface area is 181 Å². The second kappa shape index (κ2) is 9.10. The third-order valence-corrected chi connectivity index (χ3v) is 7.04. The summed E-state index contributed by atoms with van der Waals surface area (Å²) < 4.78 is 18.9. The first-order valence-electron chi connectivity index (χ1n) is 10.8. The fraction of sp³-hybridized carbons (Fsp3) is 0.636. The number of amides is 2. The summed E-state index contributed by atoms with van der Waals surface area (Å²) in [6, 6.07) is 4.23. The van der Waals surface area contributed by atoms with Crippen LogP contribution in [0.4, 0.5) is 4.39 Å². The average Bonchev–Trinajstić information content (AvgIpc) is 2.68. The zero-order chi connectivity index (χ0) is 21.3. The van der Waals surface area contributed by atoms with Gasteiger partial charge in [-0.3, -0.25) is 9.59 Å². The van der Waals surface area contributed by atoms with Crippen LogP contribution in [0.25, 0.3) is 0 Å². The Balaban J connectivity index is 1.26. The maximum Gasteiger partial charge on any atom is 0.258 e. The maximum atomic E-state index is 13.5. The van der Waals surface area contributed by atoms with Gasteiger partial charge in [0.15, 0.2) is 6.61 Å². The van der Waals surface area contributed by atoms with Crippen LogP contribution in [0.15, 0.2) is 18.2 Å². The molecule has 1 aliphatic heterocycles. The van der Waals surface area contributed by atoms with Crippen molar-refractivity contribution in [3.8, 4) is 5.75 Å². The normalized spacial score (nSPS) is 32.6. The molecule has 3 aliphatic carbocycles. The Hall–Kier alpha value is -1.86. The van der Waals surface area contributed by atoms with Crippen molar-refractivity contribution in [3.63, 3.8) is 0 Å². The second-order valence-electron chi connectivity index (χ2n) is 9.08. The lowest BCUT2D eigenvalue weighted by Gasteiger charge is -2.51. The number of ether oxygens (including phenoxy) is 1. The van der Waals surface area contributed by atoms with E-state index in [1.54, 1.807) is 0 Å². The van der Waals surface area contributed by atoms with E-state index in [-0.39, 0.29) is 47.2 Å². The molecule has 30 heavy (non-hydrogen) atoms. The highest BCUT2D eigenvalue weighted by Crippen LogP contribution is 2.46. The van der Waals surface area contributed by atoms with E-state index in [1.165, 1.54) is 18.2 Å². The molecule has 6 nitrogen and oxygen atoms in total. The van der Waals surface area contributed by atoms with E-state index >= 15 is 0 Å². The third kappa shape index (κ3) is 4.89. The zero-order valence-electron chi connectivity index (χ0n) is 17.1. The zero-order valence-corrected chi connectivity index (χ0v) is 17.9. The van der Waals surface area contributed by atoms with Crippen LogP contribution in [-0.2, 0) is 9.59 Å². The summed E-state index contributed by atoms with van der Waals surface area (Å²) in [6.45, 7) is 3.68. The van der Waals surface area contributed by atoms with Crippen LogP contribution in [-0.4, -0.2) is 43.6 Å². The van der Waals surface area contributed by atoms with E-state index in [0.717, 1.165) is 38.8 Å². The van der Waals surface area contributed by atoms with Gasteiger partial charge >= 0.3 is 0 Å². The summed E-state index contributed by atoms with van der Waals surface area (Å²) in [6.07, 6.45) is 3.72. The van der Waals surface area contributed by atoms with Crippen molar-refractivity contribution in [2.24, 2.45) is 23.7 Å². The summed E-state index contributed by atoms with van der Waals surface area (Å²) in [5, 5.41) is 9.64. The van der Waals surface area contributed by atoms with Crippen molar-refractivity contribution in [3.05, 3.63) is 29.0 Å². The van der Waals surface area contributed by atoms with E-state index in [0.29, 0.717) is 17.8 Å². The van der Waals surface area contributed by atoms with E-state index in [4.69, 9.17) is 16.3 Å². The van der Waals surface area contributed by atoms with Gasteiger partial charge in [0.2, 0.25) is 5.91 Å². The van der Waals surface area contributed by atoms with E-state index in [9.17, 15) is 14.0 Å². The first kappa shape index (κ1) is 21.4. The number of carbonyl (C=O) groups is 2. The third-order valence-electron chi connectivity index (χ3n) is 6.73. The lowest BCUT2D eigenvalue weighted by atomic mass is 9.60. The molecule has 4 aliphatic rings. The number of piperidine rings is 1. The van der Waals surface area contributed by atoms with Crippen LogP contribution < -0.4 is 20.7 Å². The Morgan fingerprint density at radius 2 is 1.87 bits per heavy atom. The summed E-state index contributed by atoms with van der Waals surface area (Å²) in [7, 11) is 0. The molecule has 2 bridgehead atoms. The molecule has 4 fully saturated rings. The SMILES string of the molecule is CC1CNCC(C(=O)N[C@@H]2C[C@H](NC(=O)COc3ccc(Cl)c(F)c3)C3CC2C3)C1. The minimum Gasteiger partial charge on any atom is -0.484 e. The van der Waals surface area contributed by atoms with Crippen molar-refractivity contribution >= 4 is 23.4 Å². The maximum absolute atomic E-state index is 13.5. The highest BCUT2D eigenvalue weighted by molar-refractivity contribution is 6.30. The molecule has 164 valence electrons. The summed E-state index contributed by atoms with van der Waals surface area (Å²) in [5.74, 6) is 1.07. The summed E-state index contributed by atoms with van der Waals surface area (Å²) >= 11 is 5.66. The predicted octanol–water partition coefficient (Wildman–Crippen LogP) is 2.50. The molecule has 1 aromatic rings. The Kier molecular flexibility index (Phi) is 6.48. The van der Waals surface area contributed by atoms with Crippen LogP contribution >= 0.6 is 11.6 Å². The summed E-state index contributed by atoms with van der Waals surface area (Å²) in [4.78, 5) is 25.1. The standard InChI is InChI=1S/C22H29ClFN3O3/c1-12-4-15(10-25-9-12)22(29)27-20-8-19(13-5-14(20)6-13)26-21(28)11-30-16-2-3-17(23)18(24)7-16/h2-3,7,12-15,19-20,25H,4-6,8-11H2,1H3,(H,26,28)(H,27,29)/t12?,13?,14?,15?,19-,20+/m0/s1. The number of hydrogen-bond acceptors (Lipinski definition) is 4. The predicted molar refractivity (Wildman–Crippen MR) is 112 cm³/mol. The number of nitrogens with one attached hydrogen (secondary N) is 3. The number of benzene rings is 1. The van der Waals surface area contributed by atoms with Gasteiger partial charge in [-0.15, -0.1) is 0 Å². The van der Waals surface area contributed by atoms with Gasteiger partial charge in [-0.25, -0.2) is 4.39 Å². The number of rotatable bonds is 6. The van der Waals surface area contributed by atoms with Gasteiger partial charge in [0, 0.05) is 24.7 Å². The number of carbonyl (C=O) groups excluding carboxylic acids is 2. The van der Waals surface area contributed by atoms with Gasteiger partial charge in [0.1, 0.15) is 11.6 Å². The second-order valence-corrected chi connectivity index (χ2v) is 9.48. The van der Waals surface area contributed by atoms with Gasteiger partial charge in [-0.1, -0.05) is 18.5 Å². The van der Waals surface area contributed by atoms with Crippen LogP contribution in [0.3, 0.4) is 0 Å². The molecule has 0 aromatic heterocycles. The number of halogens is 2. The number of hydrogen-bond donors (Lipinski definition) is 3. The van der Waals surface area contributed by atoms with Crippen molar-refractivity contribution in [2.45, 2.75) is 44.7 Å². The molecular weight excluding hydrogens is 409 g/mol. The highest BCUT2D eigenvalue weighted by atomic mass is 35.5. The molecule has 2 unspecified atom stereocenters. The van der Waals surface area contributed by atoms with Gasteiger partial charge < -0.3 is 20.7 Å². The van der Waals surface area contributed by atoms with Crippen LogP contribution in [0.5, 0.6) is 5.75 Å². The molecule has 3 N–H and O–H groups in total. The quantitative estimate of drug-likeness (QED) is 0.639. The molecule has 4 atom stereocenters. The minimum absolute atomic E-state index is 0.0140. The van der Waals surface area contributed by atoms with Crippen LogP contribution in [0.1, 0.15) is 32.6 Å². The fourth-order valence-electron chi connectivity index (χ4n) is 5.00. The van der Waals surface area contributed by atoms with E-state index in [2.05, 4.69) is 22.9 Å². The molecule has 1 heterocycles. The highest BCUT2D eigenvalue weighted by Gasteiger charge is 2.47. The molecule has 3 saturated carbocycles. The Morgan fingerprint density at radius 3 is 2.57 bits per heavy atom. The summed E-state index contributed by atoms with van der Waals surface area (Å²) in [5.41, 5.74) is 0. The first-order chi connectivity index (χ1) is 14.4. The first-order valence-corrected chi connectivity index (χ1v) is 11.1.